The molecule has 0 radical (unpaired) electrons. The molecule has 9 heteroatoms. The molecule has 0 aromatic carbocycles. The van der Waals surface area contributed by atoms with E-state index < -0.39 is 0 Å². The average molecular weight is 465 g/mol. The highest BCUT2D eigenvalue weighted by Crippen LogP contribution is 2.37. The Morgan fingerprint density at radius 3 is 2.68 bits per heavy atom. The summed E-state index contributed by atoms with van der Waals surface area (Å²) in [5.74, 6) is 0.971. The molecule has 0 spiro atoms. The number of hydrogen-bond donors (Lipinski definition) is 0. The van der Waals surface area contributed by atoms with E-state index in [-0.39, 0.29) is 12.3 Å². The molecule has 1 unspecified atom stereocenters. The fourth-order valence-electron chi connectivity index (χ4n) is 5.23. The Bertz CT molecular complexity index is 1140. The Labute approximate surface area is 199 Å². The molecule has 3 aromatic rings. The first-order valence-corrected chi connectivity index (χ1v) is 12.4. The first-order chi connectivity index (χ1) is 16.8. The largest absolute Gasteiger partial charge is 0.378 e. The number of nitrogens with zero attached hydrogens (tertiary/aromatic N) is 6. The van der Waals surface area contributed by atoms with Crippen LogP contribution in [0.3, 0.4) is 0 Å². The molecule has 3 aliphatic rings. The zero-order valence-corrected chi connectivity index (χ0v) is 19.7. The average Bonchev–Trinajstić information content (AvgIpc) is 3.39. The number of aromatic nitrogens is 4. The van der Waals surface area contributed by atoms with Gasteiger partial charge < -0.3 is 24.0 Å². The molecule has 0 amide bonds. The summed E-state index contributed by atoms with van der Waals surface area (Å²) in [5.41, 5.74) is 3.88. The quantitative estimate of drug-likeness (QED) is 0.582. The summed E-state index contributed by atoms with van der Waals surface area (Å²) in [6, 6.07) is 6.64. The molecule has 2 atom stereocenters. The third-order valence-electron chi connectivity index (χ3n) is 7.05. The summed E-state index contributed by atoms with van der Waals surface area (Å²) in [5, 5.41) is 5.73. The summed E-state index contributed by atoms with van der Waals surface area (Å²) >= 11 is 0. The van der Waals surface area contributed by atoms with Crippen LogP contribution in [0.1, 0.15) is 32.4 Å². The van der Waals surface area contributed by atoms with Gasteiger partial charge in [-0.2, -0.15) is 5.10 Å². The van der Waals surface area contributed by atoms with Gasteiger partial charge >= 0.3 is 0 Å². The second-order valence-electron chi connectivity index (χ2n) is 9.25. The summed E-state index contributed by atoms with van der Waals surface area (Å²) in [6.45, 7) is 8.39. The highest BCUT2D eigenvalue weighted by molar-refractivity contribution is 6.00. The number of anilines is 2. The van der Waals surface area contributed by atoms with E-state index in [9.17, 15) is 0 Å². The Morgan fingerprint density at radius 1 is 0.971 bits per heavy atom. The Morgan fingerprint density at radius 2 is 1.85 bits per heavy atom. The Balaban J connectivity index is 1.51. The molecule has 3 aliphatic heterocycles. The zero-order valence-electron chi connectivity index (χ0n) is 19.7. The van der Waals surface area contributed by atoms with Crippen LogP contribution in [0.4, 0.5) is 11.5 Å². The second kappa shape index (κ2) is 9.48. The molecular weight excluding hydrogens is 432 g/mol. The van der Waals surface area contributed by atoms with Gasteiger partial charge in [-0.25, -0.2) is 9.67 Å². The highest BCUT2D eigenvalue weighted by atomic mass is 16.5. The second-order valence-corrected chi connectivity index (χ2v) is 9.25. The number of pyridine rings is 2. The lowest BCUT2D eigenvalue weighted by atomic mass is 10.1. The minimum atomic E-state index is -0.0584. The minimum Gasteiger partial charge on any atom is -0.378 e. The van der Waals surface area contributed by atoms with Crippen molar-refractivity contribution in [1.82, 2.24) is 19.7 Å². The maximum absolute atomic E-state index is 6.06. The van der Waals surface area contributed by atoms with Gasteiger partial charge in [-0.3, -0.25) is 4.98 Å². The normalized spacial score (nSPS) is 24.0. The molecule has 9 nitrogen and oxygen atoms in total. The third kappa shape index (κ3) is 4.01. The third-order valence-corrected chi connectivity index (χ3v) is 7.05. The van der Waals surface area contributed by atoms with Crippen LogP contribution in [0, 0.1) is 0 Å². The number of morpholine rings is 2. The van der Waals surface area contributed by atoms with Crippen molar-refractivity contribution in [3.8, 4) is 11.4 Å². The smallest absolute Gasteiger partial charge is 0.150 e. The predicted molar refractivity (Wildman–Crippen MR) is 130 cm³/mol. The molecular formula is C25H32N6O3. The van der Waals surface area contributed by atoms with E-state index in [1.54, 1.807) is 0 Å². The van der Waals surface area contributed by atoms with Crippen molar-refractivity contribution in [3.63, 3.8) is 0 Å². The molecule has 3 saturated heterocycles. The van der Waals surface area contributed by atoms with Crippen molar-refractivity contribution in [2.45, 2.75) is 38.5 Å². The Kier molecular flexibility index (Phi) is 6.07. The van der Waals surface area contributed by atoms with E-state index >= 15 is 0 Å². The fourth-order valence-corrected chi connectivity index (χ4v) is 5.23. The van der Waals surface area contributed by atoms with E-state index in [2.05, 4.69) is 34.0 Å². The molecule has 0 saturated carbocycles. The molecule has 0 N–H and O–H groups in total. The predicted octanol–water partition coefficient (Wildman–Crippen LogP) is 3.25. The van der Waals surface area contributed by atoms with Crippen molar-refractivity contribution in [1.29, 1.82) is 0 Å². The summed E-state index contributed by atoms with van der Waals surface area (Å²) in [4.78, 5) is 14.8. The lowest BCUT2D eigenvalue weighted by Crippen LogP contribution is -2.44. The van der Waals surface area contributed by atoms with Crippen molar-refractivity contribution in [2.75, 3.05) is 62.5 Å². The maximum Gasteiger partial charge on any atom is 0.150 e. The van der Waals surface area contributed by atoms with E-state index in [0.29, 0.717) is 13.2 Å². The topological polar surface area (TPSA) is 77.8 Å². The van der Waals surface area contributed by atoms with Gasteiger partial charge in [0.1, 0.15) is 17.0 Å². The van der Waals surface area contributed by atoms with E-state index in [4.69, 9.17) is 24.2 Å². The van der Waals surface area contributed by atoms with Crippen LogP contribution in [0.15, 0.2) is 30.6 Å². The van der Waals surface area contributed by atoms with Crippen LogP contribution in [-0.2, 0) is 14.2 Å². The van der Waals surface area contributed by atoms with Gasteiger partial charge in [0, 0.05) is 56.1 Å². The van der Waals surface area contributed by atoms with Gasteiger partial charge in [-0.1, -0.05) is 0 Å². The van der Waals surface area contributed by atoms with Crippen molar-refractivity contribution in [2.24, 2.45) is 0 Å². The van der Waals surface area contributed by atoms with Crippen LogP contribution in [0.25, 0.3) is 22.3 Å². The van der Waals surface area contributed by atoms with Gasteiger partial charge in [0.15, 0.2) is 6.23 Å². The van der Waals surface area contributed by atoms with Crippen molar-refractivity contribution >= 4 is 22.4 Å². The molecule has 3 fully saturated rings. The van der Waals surface area contributed by atoms with Crippen LogP contribution in [0.5, 0.6) is 0 Å². The van der Waals surface area contributed by atoms with Crippen LogP contribution in [0.2, 0.25) is 0 Å². The molecule has 3 aromatic heterocycles. The van der Waals surface area contributed by atoms with E-state index in [0.717, 1.165) is 86.8 Å². The van der Waals surface area contributed by atoms with E-state index in [1.165, 1.54) is 5.69 Å². The lowest BCUT2D eigenvalue weighted by Gasteiger charge is -2.37. The zero-order chi connectivity index (χ0) is 22.9. The summed E-state index contributed by atoms with van der Waals surface area (Å²) in [6.07, 6.45) is 6.88. The maximum atomic E-state index is 6.06. The standard InChI is InChI=1S/C25H32N6O3/c1-18-17-33-15-11-30(18)21-16-22(29-9-13-32-14-10-29)28-24-19(21)5-7-26-25(24)20-6-8-27-31(20)23-4-2-3-12-34-23/h5-8,16,18,23H,2-4,9-15,17H2,1H3/t18-,23?/m1/s1. The van der Waals surface area contributed by atoms with Crippen LogP contribution >= 0.6 is 0 Å². The molecule has 0 aliphatic carbocycles. The number of hydrogen-bond acceptors (Lipinski definition) is 8. The lowest BCUT2D eigenvalue weighted by molar-refractivity contribution is -0.0383. The summed E-state index contributed by atoms with van der Waals surface area (Å²) in [7, 11) is 0. The van der Waals surface area contributed by atoms with E-state index in [1.807, 2.05) is 23.1 Å². The highest BCUT2D eigenvalue weighted by Gasteiger charge is 2.26. The number of rotatable bonds is 4. The summed E-state index contributed by atoms with van der Waals surface area (Å²) < 4.78 is 19.4. The SMILES string of the molecule is C[C@@H]1COCCN1c1cc(N2CCOCC2)nc2c(-c3ccnn3C3CCCCO3)nccc12. The first kappa shape index (κ1) is 21.8. The van der Waals surface area contributed by atoms with Crippen LogP contribution < -0.4 is 9.80 Å². The van der Waals surface area contributed by atoms with Gasteiger partial charge in [0.05, 0.1) is 37.8 Å². The molecule has 6 heterocycles. The monoisotopic (exact) mass is 464 g/mol. The van der Waals surface area contributed by atoms with Gasteiger partial charge in [0.25, 0.3) is 0 Å². The first-order valence-electron chi connectivity index (χ1n) is 12.4. The molecule has 34 heavy (non-hydrogen) atoms. The molecule has 6 rings (SSSR count). The molecule has 180 valence electrons. The van der Waals surface area contributed by atoms with Gasteiger partial charge in [0.2, 0.25) is 0 Å². The fraction of sp³-hybridized carbons (Fsp3) is 0.560. The Hall–Kier alpha value is -2.75. The minimum absolute atomic E-state index is 0.0584. The molecule has 0 bridgehead atoms. The van der Waals surface area contributed by atoms with Gasteiger partial charge in [-0.05, 0) is 38.3 Å². The number of fused-ring (bicyclic) bond motifs is 1. The van der Waals surface area contributed by atoms with Gasteiger partial charge in [-0.15, -0.1) is 0 Å². The van der Waals surface area contributed by atoms with Crippen LogP contribution in [-0.4, -0.2) is 78.5 Å². The van der Waals surface area contributed by atoms with Crippen molar-refractivity contribution in [3.05, 3.63) is 30.6 Å². The van der Waals surface area contributed by atoms with Crippen molar-refractivity contribution < 1.29 is 14.2 Å². The number of ether oxygens (including phenoxy) is 3.